The monoisotopic (exact) mass is 200 g/mol. The van der Waals surface area contributed by atoms with Gasteiger partial charge in [-0.3, -0.25) is 0 Å². The molecule has 1 unspecified atom stereocenters. The summed E-state index contributed by atoms with van der Waals surface area (Å²) >= 11 is 0. The molecule has 3 heteroatoms. The SMILES string of the molecule is CCC(O)CCNCC1CCNCC1. The fourth-order valence-electron chi connectivity index (χ4n) is 1.86. The molecule has 1 atom stereocenters. The molecule has 1 rings (SSSR count). The molecule has 0 aliphatic carbocycles. The third-order valence-electron chi connectivity index (χ3n) is 3.02. The first kappa shape index (κ1) is 12.0. The topological polar surface area (TPSA) is 44.3 Å². The molecule has 0 aromatic carbocycles. The highest BCUT2D eigenvalue weighted by molar-refractivity contribution is 4.70. The lowest BCUT2D eigenvalue weighted by Gasteiger charge is -2.23. The normalized spacial score (nSPS) is 21.0. The largest absolute Gasteiger partial charge is 0.393 e. The second-order valence-electron chi connectivity index (χ2n) is 4.25. The Bertz CT molecular complexity index is 135. The minimum atomic E-state index is -0.115. The van der Waals surface area contributed by atoms with Crippen LogP contribution in [0.4, 0.5) is 0 Å². The number of aliphatic hydroxyl groups excluding tert-OH is 1. The van der Waals surface area contributed by atoms with E-state index < -0.39 is 0 Å². The summed E-state index contributed by atoms with van der Waals surface area (Å²) < 4.78 is 0. The Balaban J connectivity index is 1.92. The molecule has 0 spiro atoms. The van der Waals surface area contributed by atoms with Crippen LogP contribution in [0, 0.1) is 5.92 Å². The highest BCUT2D eigenvalue weighted by atomic mass is 16.3. The van der Waals surface area contributed by atoms with Gasteiger partial charge in [-0.15, -0.1) is 0 Å². The molecule has 14 heavy (non-hydrogen) atoms. The van der Waals surface area contributed by atoms with E-state index >= 15 is 0 Å². The Morgan fingerprint density at radius 1 is 1.43 bits per heavy atom. The summed E-state index contributed by atoms with van der Waals surface area (Å²) in [5.41, 5.74) is 0. The maximum Gasteiger partial charge on any atom is 0.0549 e. The highest BCUT2D eigenvalue weighted by Crippen LogP contribution is 2.09. The molecule has 1 heterocycles. The Labute approximate surface area is 87.3 Å². The van der Waals surface area contributed by atoms with Gasteiger partial charge in [0.25, 0.3) is 0 Å². The lowest BCUT2D eigenvalue weighted by atomic mass is 9.98. The second-order valence-corrected chi connectivity index (χ2v) is 4.25. The van der Waals surface area contributed by atoms with E-state index in [1.54, 1.807) is 0 Å². The van der Waals surface area contributed by atoms with Crippen molar-refractivity contribution in [1.29, 1.82) is 0 Å². The van der Waals surface area contributed by atoms with Crippen LogP contribution in [0.5, 0.6) is 0 Å². The molecule has 0 aromatic heterocycles. The summed E-state index contributed by atoms with van der Waals surface area (Å²) in [6.07, 6.45) is 4.24. The number of hydrogen-bond acceptors (Lipinski definition) is 3. The van der Waals surface area contributed by atoms with Crippen LogP contribution in [-0.4, -0.2) is 37.4 Å². The maximum absolute atomic E-state index is 9.34. The lowest BCUT2D eigenvalue weighted by molar-refractivity contribution is 0.159. The van der Waals surface area contributed by atoms with Crippen molar-refractivity contribution >= 4 is 0 Å². The van der Waals surface area contributed by atoms with Gasteiger partial charge in [0.1, 0.15) is 0 Å². The zero-order chi connectivity index (χ0) is 10.2. The molecule has 1 aliphatic heterocycles. The van der Waals surface area contributed by atoms with E-state index in [2.05, 4.69) is 10.6 Å². The average molecular weight is 200 g/mol. The summed E-state index contributed by atoms with van der Waals surface area (Å²) in [6, 6.07) is 0. The fraction of sp³-hybridized carbons (Fsp3) is 1.00. The van der Waals surface area contributed by atoms with Gasteiger partial charge in [-0.05, 0) is 57.8 Å². The summed E-state index contributed by atoms with van der Waals surface area (Å²) in [6.45, 7) is 6.45. The van der Waals surface area contributed by atoms with Gasteiger partial charge in [-0.25, -0.2) is 0 Å². The van der Waals surface area contributed by atoms with Crippen molar-refractivity contribution in [3.05, 3.63) is 0 Å². The van der Waals surface area contributed by atoms with Crippen molar-refractivity contribution in [1.82, 2.24) is 10.6 Å². The number of rotatable bonds is 6. The van der Waals surface area contributed by atoms with Crippen LogP contribution in [0.1, 0.15) is 32.6 Å². The Hall–Kier alpha value is -0.120. The molecular weight excluding hydrogens is 176 g/mol. The average Bonchev–Trinajstić information content (AvgIpc) is 2.25. The molecule has 0 saturated carbocycles. The van der Waals surface area contributed by atoms with Crippen molar-refractivity contribution in [2.45, 2.75) is 38.7 Å². The number of piperidine rings is 1. The van der Waals surface area contributed by atoms with Crippen LogP contribution in [0.15, 0.2) is 0 Å². The van der Waals surface area contributed by atoms with Crippen molar-refractivity contribution < 1.29 is 5.11 Å². The smallest absolute Gasteiger partial charge is 0.0549 e. The first-order chi connectivity index (χ1) is 6.83. The summed E-state index contributed by atoms with van der Waals surface area (Å²) in [5.74, 6) is 0.843. The summed E-state index contributed by atoms with van der Waals surface area (Å²) in [4.78, 5) is 0. The van der Waals surface area contributed by atoms with Gasteiger partial charge in [-0.2, -0.15) is 0 Å². The molecule has 3 N–H and O–H groups in total. The third kappa shape index (κ3) is 4.94. The van der Waals surface area contributed by atoms with E-state index in [0.29, 0.717) is 0 Å². The van der Waals surface area contributed by atoms with Gasteiger partial charge < -0.3 is 15.7 Å². The minimum Gasteiger partial charge on any atom is -0.393 e. The first-order valence-electron chi connectivity index (χ1n) is 5.92. The molecule has 84 valence electrons. The molecule has 0 aromatic rings. The molecule has 0 bridgehead atoms. The minimum absolute atomic E-state index is 0.115. The quantitative estimate of drug-likeness (QED) is 0.554. The van der Waals surface area contributed by atoms with Crippen LogP contribution in [-0.2, 0) is 0 Å². The predicted octanol–water partition coefficient (Wildman–Crippen LogP) is 0.737. The van der Waals surface area contributed by atoms with Gasteiger partial charge in [-0.1, -0.05) is 6.92 Å². The zero-order valence-electron chi connectivity index (χ0n) is 9.26. The number of aliphatic hydroxyl groups is 1. The van der Waals surface area contributed by atoms with Crippen LogP contribution in [0.25, 0.3) is 0 Å². The van der Waals surface area contributed by atoms with Crippen molar-refractivity contribution in [3.63, 3.8) is 0 Å². The van der Waals surface area contributed by atoms with Gasteiger partial charge in [0.05, 0.1) is 6.10 Å². The Morgan fingerprint density at radius 3 is 2.79 bits per heavy atom. The van der Waals surface area contributed by atoms with Crippen molar-refractivity contribution in [2.75, 3.05) is 26.2 Å². The molecule has 1 aliphatic rings. The number of hydrogen-bond donors (Lipinski definition) is 3. The van der Waals surface area contributed by atoms with Gasteiger partial charge in [0, 0.05) is 0 Å². The van der Waals surface area contributed by atoms with Gasteiger partial charge >= 0.3 is 0 Å². The second kappa shape index (κ2) is 7.21. The van der Waals surface area contributed by atoms with Crippen molar-refractivity contribution in [3.8, 4) is 0 Å². The van der Waals surface area contributed by atoms with Gasteiger partial charge in [0.15, 0.2) is 0 Å². The third-order valence-corrected chi connectivity index (χ3v) is 3.02. The predicted molar refractivity (Wildman–Crippen MR) is 59.4 cm³/mol. The van der Waals surface area contributed by atoms with E-state index in [1.807, 2.05) is 6.92 Å². The summed E-state index contributed by atoms with van der Waals surface area (Å²) in [5, 5.41) is 16.1. The maximum atomic E-state index is 9.34. The first-order valence-corrected chi connectivity index (χ1v) is 5.92. The van der Waals surface area contributed by atoms with Crippen LogP contribution >= 0.6 is 0 Å². The van der Waals surface area contributed by atoms with Gasteiger partial charge in [0.2, 0.25) is 0 Å². The van der Waals surface area contributed by atoms with Crippen molar-refractivity contribution in [2.24, 2.45) is 5.92 Å². The summed E-state index contributed by atoms with van der Waals surface area (Å²) in [7, 11) is 0. The molecule has 0 radical (unpaired) electrons. The molecule has 0 amide bonds. The molecule has 3 nitrogen and oxygen atoms in total. The fourth-order valence-corrected chi connectivity index (χ4v) is 1.86. The standard InChI is InChI=1S/C11H24N2O/c1-2-11(14)5-8-13-9-10-3-6-12-7-4-10/h10-14H,2-9H2,1H3. The highest BCUT2D eigenvalue weighted by Gasteiger charge is 2.11. The Morgan fingerprint density at radius 2 is 2.14 bits per heavy atom. The molecule has 1 saturated heterocycles. The van der Waals surface area contributed by atoms with E-state index in [1.165, 1.54) is 25.9 Å². The van der Waals surface area contributed by atoms with E-state index in [9.17, 15) is 5.11 Å². The zero-order valence-corrected chi connectivity index (χ0v) is 9.26. The lowest BCUT2D eigenvalue weighted by Crippen LogP contribution is -2.34. The Kier molecular flexibility index (Phi) is 6.15. The number of nitrogens with one attached hydrogen (secondary N) is 2. The van der Waals surface area contributed by atoms with Crippen LogP contribution in [0.3, 0.4) is 0 Å². The van der Waals surface area contributed by atoms with E-state index in [-0.39, 0.29) is 6.10 Å². The van der Waals surface area contributed by atoms with E-state index in [4.69, 9.17) is 0 Å². The van der Waals surface area contributed by atoms with E-state index in [0.717, 1.165) is 31.8 Å². The van der Waals surface area contributed by atoms with Crippen LogP contribution in [0.2, 0.25) is 0 Å². The van der Waals surface area contributed by atoms with Crippen LogP contribution < -0.4 is 10.6 Å². The molecule has 1 fully saturated rings. The molecular formula is C11H24N2O.